The molecule has 2 aliphatic heterocycles. The van der Waals surface area contributed by atoms with E-state index < -0.39 is 11.2 Å². The standard InChI is InChI=1S/C15H23NO2S.C15H21NO2S.2CO2/c2*1-10-9-19-13(11(10)2)12-6-7-16(8-12)14(17)18-15(3,4)5;2*2-1-3/h9,12H,6-8H2,1-5H3;6,9H,7-8H2,1-5H3;;. The summed E-state index contributed by atoms with van der Waals surface area (Å²) in [4.78, 5) is 62.8. The Kier molecular flexibility index (Phi) is 14.9. The quantitative estimate of drug-likeness (QED) is 0.343. The monoisotopic (exact) mass is 648 g/mol. The van der Waals surface area contributed by atoms with Crippen LogP contribution < -0.4 is 0 Å². The number of hydrogen-bond donors (Lipinski definition) is 0. The molecule has 1 atom stereocenters. The SMILES string of the molecule is Cc1csc(C2=CCN(C(=O)OC(C)(C)C)C2)c1C.Cc1csc(C2CCN(C(=O)OC(C)(C)C)C2)c1C.O=C=O.O=C=O. The molecule has 2 aromatic heterocycles. The van der Waals surface area contributed by atoms with E-state index in [2.05, 4.69) is 44.5 Å². The van der Waals surface area contributed by atoms with E-state index in [1.54, 1.807) is 16.2 Å². The second-order valence-corrected chi connectivity index (χ2v) is 14.2. The van der Waals surface area contributed by atoms with Gasteiger partial charge in [0, 0.05) is 35.3 Å². The number of amides is 2. The molecule has 1 fully saturated rings. The van der Waals surface area contributed by atoms with E-state index >= 15 is 0 Å². The van der Waals surface area contributed by atoms with Crippen molar-refractivity contribution in [3.63, 3.8) is 0 Å². The van der Waals surface area contributed by atoms with Crippen LogP contribution in [0.1, 0.15) is 85.9 Å². The van der Waals surface area contributed by atoms with Crippen LogP contribution in [0.5, 0.6) is 0 Å². The summed E-state index contributed by atoms with van der Waals surface area (Å²) in [5, 5.41) is 4.38. The molecule has 12 heteroatoms. The van der Waals surface area contributed by atoms with E-state index in [1.165, 1.54) is 37.6 Å². The third-order valence-corrected chi connectivity index (χ3v) is 9.32. The molecule has 10 nitrogen and oxygen atoms in total. The number of rotatable bonds is 2. The van der Waals surface area contributed by atoms with Gasteiger partial charge >= 0.3 is 24.5 Å². The van der Waals surface area contributed by atoms with Gasteiger partial charge in [-0.15, -0.1) is 22.7 Å². The van der Waals surface area contributed by atoms with Gasteiger partial charge < -0.3 is 19.3 Å². The second-order valence-electron chi connectivity index (χ2n) is 12.4. The smallest absolute Gasteiger partial charge is 0.410 e. The largest absolute Gasteiger partial charge is 0.444 e. The molecule has 0 saturated carbocycles. The molecule has 0 radical (unpaired) electrons. The summed E-state index contributed by atoms with van der Waals surface area (Å²) in [6, 6.07) is 0. The average Bonchev–Trinajstić information content (AvgIpc) is 3.69. The molecule has 1 saturated heterocycles. The molecule has 0 aliphatic carbocycles. The molecule has 1 unspecified atom stereocenters. The van der Waals surface area contributed by atoms with Crippen LogP contribution in [-0.2, 0) is 28.7 Å². The molecule has 0 spiro atoms. The maximum Gasteiger partial charge on any atom is 0.410 e. The minimum atomic E-state index is -0.435. The number of aryl methyl sites for hydroxylation is 2. The zero-order valence-corrected chi connectivity index (χ0v) is 29.0. The molecule has 0 aromatic carbocycles. The number of carbonyl (C=O) groups is 2. The van der Waals surface area contributed by atoms with Crippen LogP contribution in [0.2, 0.25) is 0 Å². The molecule has 4 heterocycles. The Morgan fingerprint density at radius 3 is 1.70 bits per heavy atom. The maximum absolute atomic E-state index is 12.0. The van der Waals surface area contributed by atoms with Crippen molar-refractivity contribution in [1.29, 1.82) is 0 Å². The lowest BCUT2D eigenvalue weighted by Crippen LogP contribution is -2.35. The van der Waals surface area contributed by atoms with Gasteiger partial charge in [-0.25, -0.2) is 9.59 Å². The first kappa shape index (κ1) is 38.5. The fourth-order valence-electron chi connectivity index (χ4n) is 4.40. The van der Waals surface area contributed by atoms with Crippen LogP contribution in [-0.4, -0.2) is 71.7 Å². The molecule has 44 heavy (non-hydrogen) atoms. The lowest BCUT2D eigenvalue weighted by atomic mass is 10.0. The van der Waals surface area contributed by atoms with Gasteiger partial charge in [0.05, 0.1) is 6.54 Å². The molecule has 4 rings (SSSR count). The van der Waals surface area contributed by atoms with E-state index in [4.69, 9.17) is 28.7 Å². The highest BCUT2D eigenvalue weighted by atomic mass is 32.1. The number of likely N-dealkylation sites (tertiary alicyclic amines) is 1. The molecular formula is C32H44N2O8S2. The van der Waals surface area contributed by atoms with Crippen LogP contribution in [0.3, 0.4) is 0 Å². The van der Waals surface area contributed by atoms with Gasteiger partial charge in [-0.2, -0.15) is 19.2 Å². The first-order valence-electron chi connectivity index (χ1n) is 14.1. The highest BCUT2D eigenvalue weighted by Gasteiger charge is 2.32. The van der Waals surface area contributed by atoms with E-state index in [0.29, 0.717) is 19.0 Å². The number of ether oxygens (including phenoxy) is 2. The van der Waals surface area contributed by atoms with Gasteiger partial charge in [0.2, 0.25) is 0 Å². The minimum absolute atomic E-state index is 0.180. The molecule has 2 aromatic rings. The van der Waals surface area contributed by atoms with Crippen molar-refractivity contribution in [2.24, 2.45) is 0 Å². The summed E-state index contributed by atoms with van der Waals surface area (Å²) in [6.45, 7) is 22.9. The molecule has 2 amide bonds. The Balaban J connectivity index is 0.000000373. The van der Waals surface area contributed by atoms with Gasteiger partial charge in [-0.05, 0) is 114 Å². The normalized spacial score (nSPS) is 15.7. The predicted molar refractivity (Wildman–Crippen MR) is 169 cm³/mol. The molecule has 2 aliphatic rings. The van der Waals surface area contributed by atoms with Crippen LogP contribution in [0, 0.1) is 27.7 Å². The van der Waals surface area contributed by atoms with E-state index in [1.807, 2.05) is 57.8 Å². The van der Waals surface area contributed by atoms with Crippen molar-refractivity contribution in [2.45, 2.75) is 92.8 Å². The third-order valence-electron chi connectivity index (χ3n) is 6.68. The lowest BCUT2D eigenvalue weighted by molar-refractivity contribution is -0.193. The Labute approximate surface area is 268 Å². The topological polar surface area (TPSA) is 127 Å². The van der Waals surface area contributed by atoms with Crippen molar-refractivity contribution in [3.8, 4) is 0 Å². The third kappa shape index (κ3) is 12.2. The second kappa shape index (κ2) is 17.1. The summed E-state index contributed by atoms with van der Waals surface area (Å²) >= 11 is 3.57. The number of nitrogens with zero attached hydrogens (tertiary/aromatic N) is 2. The van der Waals surface area contributed by atoms with Crippen LogP contribution in [0.25, 0.3) is 5.57 Å². The molecule has 0 bridgehead atoms. The fraction of sp³-hybridized carbons (Fsp3) is 0.562. The summed E-state index contributed by atoms with van der Waals surface area (Å²) in [5.41, 5.74) is 5.77. The predicted octanol–water partition coefficient (Wildman–Crippen LogP) is 6.92. The molecule has 242 valence electrons. The fourth-order valence-corrected chi connectivity index (χ4v) is 6.71. The summed E-state index contributed by atoms with van der Waals surface area (Å²) in [7, 11) is 0. The van der Waals surface area contributed by atoms with Crippen LogP contribution in [0.15, 0.2) is 16.8 Å². The number of thiophene rings is 2. The van der Waals surface area contributed by atoms with Gasteiger partial charge in [-0.1, -0.05) is 6.08 Å². The van der Waals surface area contributed by atoms with E-state index in [0.717, 1.165) is 19.5 Å². The molecule has 0 N–H and O–H groups in total. The molecular weight excluding hydrogens is 604 g/mol. The van der Waals surface area contributed by atoms with Gasteiger partial charge in [0.1, 0.15) is 11.2 Å². The Hall–Kier alpha value is -3.56. The van der Waals surface area contributed by atoms with Crippen molar-refractivity contribution in [2.75, 3.05) is 26.2 Å². The van der Waals surface area contributed by atoms with Gasteiger partial charge in [-0.3, -0.25) is 0 Å². The average molecular weight is 649 g/mol. The van der Waals surface area contributed by atoms with E-state index in [-0.39, 0.29) is 24.5 Å². The lowest BCUT2D eigenvalue weighted by Gasteiger charge is -2.24. The Morgan fingerprint density at radius 2 is 1.27 bits per heavy atom. The zero-order valence-electron chi connectivity index (χ0n) is 27.3. The van der Waals surface area contributed by atoms with Crippen molar-refractivity contribution >= 4 is 52.7 Å². The zero-order chi connectivity index (χ0) is 33.8. The first-order chi connectivity index (χ1) is 20.4. The van der Waals surface area contributed by atoms with Crippen molar-refractivity contribution in [3.05, 3.63) is 48.8 Å². The number of carbonyl (C=O) groups excluding carboxylic acids is 6. The van der Waals surface area contributed by atoms with E-state index in [9.17, 15) is 9.59 Å². The first-order valence-corrected chi connectivity index (χ1v) is 15.9. The summed E-state index contributed by atoms with van der Waals surface area (Å²) < 4.78 is 10.8. The number of hydrogen-bond acceptors (Lipinski definition) is 10. The summed E-state index contributed by atoms with van der Waals surface area (Å²) in [6.07, 6.45) is 3.26. The van der Waals surface area contributed by atoms with Gasteiger partial charge in [0.25, 0.3) is 0 Å². The van der Waals surface area contributed by atoms with Crippen molar-refractivity contribution < 1.29 is 38.2 Å². The van der Waals surface area contributed by atoms with Crippen molar-refractivity contribution in [1.82, 2.24) is 9.80 Å². The highest BCUT2D eigenvalue weighted by molar-refractivity contribution is 7.11. The van der Waals surface area contributed by atoms with Crippen LogP contribution >= 0.6 is 22.7 Å². The maximum atomic E-state index is 12.0. The summed E-state index contributed by atoms with van der Waals surface area (Å²) in [5.74, 6) is 0.478. The Bertz CT molecular complexity index is 1330. The van der Waals surface area contributed by atoms with Crippen LogP contribution in [0.4, 0.5) is 9.59 Å². The Morgan fingerprint density at radius 1 is 0.795 bits per heavy atom. The van der Waals surface area contributed by atoms with Gasteiger partial charge in [0.15, 0.2) is 0 Å². The minimum Gasteiger partial charge on any atom is -0.444 e. The highest BCUT2D eigenvalue weighted by Crippen LogP contribution is 2.35.